The summed E-state index contributed by atoms with van der Waals surface area (Å²) in [7, 11) is 0. The second-order valence-electron chi connectivity index (χ2n) is 2.83. The summed E-state index contributed by atoms with van der Waals surface area (Å²) in [6, 6.07) is 11.8. The van der Waals surface area contributed by atoms with Crippen LogP contribution in [0.2, 0.25) is 0 Å². The maximum Gasteiger partial charge on any atom is 0.197 e. The number of fused-ring (bicyclic) bond motifs is 1. The minimum absolute atomic E-state index is 0.647. The molecular formula is C10H10N2OS. The Morgan fingerprint density at radius 1 is 0.857 bits per heavy atom. The van der Waals surface area contributed by atoms with Gasteiger partial charge in [-0.3, -0.25) is 0 Å². The molecule has 2 aromatic carbocycles. The molecule has 0 aliphatic carbocycles. The molecule has 72 valence electrons. The van der Waals surface area contributed by atoms with Crippen molar-refractivity contribution in [2.45, 2.75) is 0 Å². The van der Waals surface area contributed by atoms with E-state index in [4.69, 9.17) is 15.7 Å². The number of rotatable bonds is 0. The van der Waals surface area contributed by atoms with Crippen LogP contribution in [0.3, 0.4) is 0 Å². The lowest BCUT2D eigenvalue weighted by Gasteiger charge is -2.02. The first kappa shape index (κ1) is 10.4. The van der Waals surface area contributed by atoms with Crippen molar-refractivity contribution >= 4 is 34.7 Å². The van der Waals surface area contributed by atoms with Crippen LogP contribution in [0.4, 0.5) is 11.4 Å². The molecule has 0 bridgehead atoms. The molecule has 0 radical (unpaired) electrons. The molecule has 0 aliphatic heterocycles. The summed E-state index contributed by atoms with van der Waals surface area (Å²) < 4.78 is 7.83. The minimum atomic E-state index is 0.647. The van der Waals surface area contributed by atoms with Gasteiger partial charge in [0.1, 0.15) is 0 Å². The van der Waals surface area contributed by atoms with Gasteiger partial charge in [0.2, 0.25) is 0 Å². The molecule has 0 aliphatic rings. The van der Waals surface area contributed by atoms with Crippen molar-refractivity contribution in [3.8, 4) is 0 Å². The van der Waals surface area contributed by atoms with Crippen LogP contribution >= 0.6 is 0 Å². The van der Waals surface area contributed by atoms with Crippen LogP contribution in [0.25, 0.3) is 10.8 Å². The lowest BCUT2D eigenvalue weighted by Crippen LogP contribution is -1.93. The Labute approximate surface area is 87.2 Å². The molecule has 0 unspecified atom stereocenters. The predicted octanol–water partition coefficient (Wildman–Crippen LogP) is 1.67. The molecule has 0 heterocycles. The normalized spacial score (nSPS) is 9.14. The molecular weight excluding hydrogens is 196 g/mol. The first-order valence-corrected chi connectivity index (χ1v) is 4.31. The second kappa shape index (κ2) is 4.53. The van der Waals surface area contributed by atoms with Crippen molar-refractivity contribution < 1.29 is 4.21 Å². The standard InChI is InChI=1S/C10H10N2.OS/c11-9-5-7-3-1-2-4-8(7)6-10(9)12;1-2/h1-6H,11-12H2;. The maximum atomic E-state index is 7.83. The first-order chi connectivity index (χ1) is 6.77. The summed E-state index contributed by atoms with van der Waals surface area (Å²) in [5, 5.41) is 2.26. The molecule has 3 nitrogen and oxygen atoms in total. The smallest absolute Gasteiger partial charge is 0.197 e. The highest BCUT2D eigenvalue weighted by atomic mass is 32.1. The summed E-state index contributed by atoms with van der Waals surface area (Å²) in [6.07, 6.45) is 0. The van der Waals surface area contributed by atoms with Crippen molar-refractivity contribution in [3.05, 3.63) is 36.4 Å². The third-order valence-electron chi connectivity index (χ3n) is 1.95. The van der Waals surface area contributed by atoms with Gasteiger partial charge < -0.3 is 11.5 Å². The predicted molar refractivity (Wildman–Crippen MR) is 60.9 cm³/mol. The average Bonchev–Trinajstić information content (AvgIpc) is 2.23. The largest absolute Gasteiger partial charge is 0.397 e. The van der Waals surface area contributed by atoms with E-state index in [-0.39, 0.29) is 0 Å². The molecule has 4 N–H and O–H groups in total. The van der Waals surface area contributed by atoms with Crippen LogP contribution in [0.5, 0.6) is 0 Å². The molecule has 0 saturated heterocycles. The van der Waals surface area contributed by atoms with Crippen LogP contribution in [-0.4, -0.2) is 4.21 Å². The molecule has 2 rings (SSSR count). The SMILES string of the molecule is Nc1cc2ccccc2cc1N.O=S. The van der Waals surface area contributed by atoms with Gasteiger partial charge in [0.05, 0.1) is 11.4 Å². The third kappa shape index (κ3) is 1.97. The quantitative estimate of drug-likeness (QED) is 0.643. The van der Waals surface area contributed by atoms with Crippen molar-refractivity contribution in [2.75, 3.05) is 11.5 Å². The maximum absolute atomic E-state index is 7.83. The Morgan fingerprint density at radius 2 is 1.21 bits per heavy atom. The van der Waals surface area contributed by atoms with Gasteiger partial charge in [-0.2, -0.15) is 4.21 Å². The lowest BCUT2D eigenvalue weighted by molar-refractivity contribution is 0.702. The number of anilines is 2. The fraction of sp³-hybridized carbons (Fsp3) is 0. The van der Waals surface area contributed by atoms with Gasteiger partial charge in [0.25, 0.3) is 0 Å². The molecule has 0 fully saturated rings. The highest BCUT2D eigenvalue weighted by Gasteiger charge is 1.96. The molecule has 0 amide bonds. The van der Waals surface area contributed by atoms with Crippen LogP contribution in [-0.2, 0) is 12.5 Å². The van der Waals surface area contributed by atoms with Gasteiger partial charge in [-0.25, -0.2) is 0 Å². The van der Waals surface area contributed by atoms with Gasteiger partial charge in [0.15, 0.2) is 12.5 Å². The first-order valence-electron chi connectivity index (χ1n) is 3.98. The topological polar surface area (TPSA) is 69.1 Å². The van der Waals surface area contributed by atoms with E-state index in [1.54, 1.807) is 0 Å². The van der Waals surface area contributed by atoms with Crippen molar-refractivity contribution in [2.24, 2.45) is 0 Å². The van der Waals surface area contributed by atoms with Crippen molar-refractivity contribution in [3.63, 3.8) is 0 Å². The highest BCUT2D eigenvalue weighted by molar-refractivity contribution is 7.44. The average molecular weight is 206 g/mol. The van der Waals surface area contributed by atoms with E-state index >= 15 is 0 Å². The molecule has 14 heavy (non-hydrogen) atoms. The zero-order valence-electron chi connectivity index (χ0n) is 7.44. The van der Waals surface area contributed by atoms with Gasteiger partial charge in [-0.1, -0.05) is 24.3 Å². The molecule has 0 aromatic heterocycles. The van der Waals surface area contributed by atoms with E-state index in [0.29, 0.717) is 11.4 Å². The minimum Gasteiger partial charge on any atom is -0.397 e. The Bertz CT molecular complexity index is 405. The monoisotopic (exact) mass is 206 g/mol. The fourth-order valence-corrected chi connectivity index (χ4v) is 1.28. The van der Waals surface area contributed by atoms with Crippen LogP contribution in [0.15, 0.2) is 36.4 Å². The van der Waals surface area contributed by atoms with Crippen LogP contribution in [0, 0.1) is 0 Å². The van der Waals surface area contributed by atoms with E-state index in [1.165, 1.54) is 0 Å². The van der Waals surface area contributed by atoms with E-state index in [9.17, 15) is 0 Å². The number of nitrogens with two attached hydrogens (primary N) is 2. The summed E-state index contributed by atoms with van der Waals surface area (Å²) in [5.41, 5.74) is 12.6. The van der Waals surface area contributed by atoms with Gasteiger partial charge in [-0.15, -0.1) is 0 Å². The Morgan fingerprint density at radius 3 is 1.57 bits per heavy atom. The molecule has 0 atom stereocenters. The summed E-state index contributed by atoms with van der Waals surface area (Å²) in [5.74, 6) is 0. The third-order valence-corrected chi connectivity index (χ3v) is 1.95. The van der Waals surface area contributed by atoms with Gasteiger partial charge >= 0.3 is 0 Å². The summed E-state index contributed by atoms with van der Waals surface area (Å²) in [6.45, 7) is 0. The van der Waals surface area contributed by atoms with E-state index < -0.39 is 0 Å². The van der Waals surface area contributed by atoms with Crippen molar-refractivity contribution in [1.82, 2.24) is 0 Å². The number of benzene rings is 2. The summed E-state index contributed by atoms with van der Waals surface area (Å²) >= 11 is 2.83. The summed E-state index contributed by atoms with van der Waals surface area (Å²) in [4.78, 5) is 0. The van der Waals surface area contributed by atoms with Gasteiger partial charge in [0, 0.05) is 0 Å². The van der Waals surface area contributed by atoms with Gasteiger partial charge in [-0.05, 0) is 22.9 Å². The van der Waals surface area contributed by atoms with E-state index in [1.807, 2.05) is 36.4 Å². The highest BCUT2D eigenvalue weighted by Crippen LogP contribution is 2.22. The van der Waals surface area contributed by atoms with E-state index in [0.717, 1.165) is 10.8 Å². The zero-order valence-corrected chi connectivity index (χ0v) is 8.25. The Balaban J connectivity index is 0.000000461. The Kier molecular flexibility index (Phi) is 3.36. The fourth-order valence-electron chi connectivity index (χ4n) is 1.28. The van der Waals surface area contributed by atoms with Crippen LogP contribution < -0.4 is 11.5 Å². The Hall–Kier alpha value is -1.68. The zero-order chi connectivity index (χ0) is 10.6. The molecule has 0 saturated carbocycles. The number of hydrogen-bond donors (Lipinski definition) is 2. The molecule has 4 heteroatoms. The molecule has 0 spiro atoms. The van der Waals surface area contributed by atoms with E-state index in [2.05, 4.69) is 12.5 Å². The number of hydrogen-bond acceptors (Lipinski definition) is 4. The molecule has 2 aromatic rings. The lowest BCUT2D eigenvalue weighted by atomic mass is 10.1. The second-order valence-corrected chi connectivity index (χ2v) is 2.83. The van der Waals surface area contributed by atoms with Crippen molar-refractivity contribution in [1.29, 1.82) is 0 Å². The number of nitrogen functional groups attached to an aromatic ring is 2. The van der Waals surface area contributed by atoms with Crippen LogP contribution in [0.1, 0.15) is 0 Å².